The van der Waals surface area contributed by atoms with Crippen LogP contribution < -0.4 is 0 Å². The summed E-state index contributed by atoms with van der Waals surface area (Å²) in [5.41, 5.74) is -0.809. The SMILES string of the molecule is OCCCCC(O)C(O)SCCOCCO. The fraction of sp³-hybridized carbons (Fsp3) is 1.00. The van der Waals surface area contributed by atoms with Gasteiger partial charge < -0.3 is 25.2 Å². The van der Waals surface area contributed by atoms with E-state index in [0.717, 1.165) is 0 Å². The van der Waals surface area contributed by atoms with Gasteiger partial charge in [-0.2, -0.15) is 0 Å². The molecule has 0 rings (SSSR count). The molecule has 0 bridgehead atoms. The van der Waals surface area contributed by atoms with Crippen molar-refractivity contribution in [2.24, 2.45) is 0 Å². The summed E-state index contributed by atoms with van der Waals surface area (Å²) in [6, 6.07) is 0. The monoisotopic (exact) mass is 254 g/mol. The molecule has 4 N–H and O–H groups in total. The molecule has 2 atom stereocenters. The van der Waals surface area contributed by atoms with Crippen molar-refractivity contribution >= 4 is 11.8 Å². The van der Waals surface area contributed by atoms with Crippen molar-refractivity contribution in [3.05, 3.63) is 0 Å². The summed E-state index contributed by atoms with van der Waals surface area (Å²) in [7, 11) is 0. The van der Waals surface area contributed by atoms with Crippen molar-refractivity contribution in [2.75, 3.05) is 32.2 Å². The van der Waals surface area contributed by atoms with E-state index >= 15 is 0 Å². The summed E-state index contributed by atoms with van der Waals surface area (Å²) in [6.07, 6.45) is 1.09. The van der Waals surface area contributed by atoms with Crippen molar-refractivity contribution in [3.8, 4) is 0 Å². The highest BCUT2D eigenvalue weighted by atomic mass is 32.2. The number of unbranched alkanes of at least 4 members (excludes halogenated alkanes) is 1. The molecule has 0 aliphatic carbocycles. The molecule has 0 saturated carbocycles. The first-order valence-corrected chi connectivity index (χ1v) is 6.54. The van der Waals surface area contributed by atoms with E-state index < -0.39 is 11.5 Å². The van der Waals surface area contributed by atoms with Crippen LogP contribution >= 0.6 is 11.8 Å². The summed E-state index contributed by atoms with van der Waals surface area (Å²) in [5, 5.41) is 36.0. The molecular weight excluding hydrogens is 232 g/mol. The topological polar surface area (TPSA) is 90.2 Å². The lowest BCUT2D eigenvalue weighted by atomic mass is 10.2. The third-order valence-electron chi connectivity index (χ3n) is 1.99. The van der Waals surface area contributed by atoms with Gasteiger partial charge in [-0.15, -0.1) is 11.8 Å². The predicted molar refractivity (Wildman–Crippen MR) is 63.3 cm³/mol. The number of aliphatic hydroxyl groups is 4. The fourth-order valence-electron chi connectivity index (χ4n) is 1.11. The van der Waals surface area contributed by atoms with Crippen LogP contribution in [0.3, 0.4) is 0 Å². The van der Waals surface area contributed by atoms with Crippen molar-refractivity contribution in [1.82, 2.24) is 0 Å². The maximum atomic E-state index is 9.52. The van der Waals surface area contributed by atoms with E-state index in [0.29, 0.717) is 38.2 Å². The average Bonchev–Trinajstić information content (AvgIpc) is 2.28. The first-order chi connectivity index (χ1) is 7.72. The van der Waals surface area contributed by atoms with E-state index in [2.05, 4.69) is 0 Å². The van der Waals surface area contributed by atoms with E-state index in [1.165, 1.54) is 11.8 Å². The molecule has 16 heavy (non-hydrogen) atoms. The van der Waals surface area contributed by atoms with E-state index in [1.54, 1.807) is 0 Å². The van der Waals surface area contributed by atoms with Crippen LogP contribution in [-0.2, 0) is 4.74 Å². The Morgan fingerprint density at radius 3 is 2.38 bits per heavy atom. The molecule has 0 aliphatic rings. The normalized spacial score (nSPS) is 15.0. The van der Waals surface area contributed by atoms with Crippen LogP contribution in [0, 0.1) is 0 Å². The molecule has 98 valence electrons. The molecule has 0 aromatic carbocycles. The van der Waals surface area contributed by atoms with Gasteiger partial charge in [-0.3, -0.25) is 0 Å². The average molecular weight is 254 g/mol. The van der Waals surface area contributed by atoms with Gasteiger partial charge in [0.05, 0.1) is 25.9 Å². The number of rotatable bonds is 11. The van der Waals surface area contributed by atoms with Crippen LogP contribution in [0.4, 0.5) is 0 Å². The lowest BCUT2D eigenvalue weighted by molar-refractivity contribution is 0.0633. The Bertz CT molecular complexity index is 147. The molecule has 0 saturated heterocycles. The van der Waals surface area contributed by atoms with Crippen molar-refractivity contribution < 1.29 is 25.2 Å². The third kappa shape index (κ3) is 9.38. The van der Waals surface area contributed by atoms with Crippen LogP contribution in [0.2, 0.25) is 0 Å². The lowest BCUT2D eigenvalue weighted by Gasteiger charge is -2.16. The van der Waals surface area contributed by atoms with Crippen LogP contribution in [-0.4, -0.2) is 64.1 Å². The van der Waals surface area contributed by atoms with Gasteiger partial charge in [0.15, 0.2) is 0 Å². The summed E-state index contributed by atoms with van der Waals surface area (Å²) < 4.78 is 5.01. The number of thioether (sulfide) groups is 1. The summed E-state index contributed by atoms with van der Waals surface area (Å²) >= 11 is 1.23. The van der Waals surface area contributed by atoms with Crippen LogP contribution in [0.15, 0.2) is 0 Å². The van der Waals surface area contributed by atoms with Crippen LogP contribution in [0.5, 0.6) is 0 Å². The zero-order chi connectivity index (χ0) is 12.2. The smallest absolute Gasteiger partial charge is 0.125 e. The van der Waals surface area contributed by atoms with Gasteiger partial charge >= 0.3 is 0 Å². The minimum absolute atomic E-state index is 0.00297. The van der Waals surface area contributed by atoms with Gasteiger partial charge in [-0.05, 0) is 19.3 Å². The predicted octanol–water partition coefficient (Wildman–Crippen LogP) is -0.430. The Balaban J connectivity index is 3.36. The number of hydrogen-bond donors (Lipinski definition) is 4. The Hall–Kier alpha value is 0.150. The Kier molecular flexibility index (Phi) is 11.7. The Morgan fingerprint density at radius 1 is 1.00 bits per heavy atom. The largest absolute Gasteiger partial charge is 0.396 e. The summed E-state index contributed by atoms with van der Waals surface area (Å²) in [4.78, 5) is 0. The van der Waals surface area contributed by atoms with Crippen molar-refractivity contribution in [1.29, 1.82) is 0 Å². The standard InChI is InChI=1S/C10H22O5S/c11-4-2-1-3-9(13)10(14)16-8-7-15-6-5-12/h9-14H,1-8H2. The van der Waals surface area contributed by atoms with E-state index in [4.69, 9.17) is 14.9 Å². The quantitative estimate of drug-likeness (QED) is 0.295. The molecule has 0 aromatic heterocycles. The van der Waals surface area contributed by atoms with Gasteiger partial charge in [0.1, 0.15) is 5.44 Å². The van der Waals surface area contributed by atoms with Crippen LogP contribution in [0.1, 0.15) is 19.3 Å². The zero-order valence-electron chi connectivity index (χ0n) is 9.42. The van der Waals surface area contributed by atoms with Gasteiger partial charge in [0.25, 0.3) is 0 Å². The molecule has 0 heterocycles. The highest BCUT2D eigenvalue weighted by molar-refractivity contribution is 7.99. The van der Waals surface area contributed by atoms with Gasteiger partial charge in [-0.1, -0.05) is 0 Å². The molecule has 5 nitrogen and oxygen atoms in total. The maximum absolute atomic E-state index is 9.52. The first-order valence-electron chi connectivity index (χ1n) is 5.49. The number of hydrogen-bond acceptors (Lipinski definition) is 6. The second-order valence-electron chi connectivity index (χ2n) is 3.38. The molecule has 0 radical (unpaired) electrons. The Labute approximate surface area is 100 Å². The Morgan fingerprint density at radius 2 is 1.75 bits per heavy atom. The van der Waals surface area contributed by atoms with Gasteiger partial charge in [-0.25, -0.2) is 0 Å². The summed E-state index contributed by atoms with van der Waals surface area (Å²) in [6.45, 7) is 0.864. The summed E-state index contributed by atoms with van der Waals surface area (Å²) in [5.74, 6) is 0.582. The maximum Gasteiger partial charge on any atom is 0.125 e. The van der Waals surface area contributed by atoms with Gasteiger partial charge in [0.2, 0.25) is 0 Å². The van der Waals surface area contributed by atoms with Crippen molar-refractivity contribution in [2.45, 2.75) is 30.8 Å². The lowest BCUT2D eigenvalue weighted by Crippen LogP contribution is -2.23. The van der Waals surface area contributed by atoms with E-state index in [1.807, 2.05) is 0 Å². The molecule has 0 spiro atoms. The third-order valence-corrected chi connectivity index (χ3v) is 3.05. The van der Waals surface area contributed by atoms with E-state index in [9.17, 15) is 10.2 Å². The number of aliphatic hydroxyl groups excluding tert-OH is 4. The molecule has 0 fully saturated rings. The minimum atomic E-state index is -0.809. The fourth-order valence-corrected chi connectivity index (χ4v) is 1.93. The molecule has 0 aromatic rings. The molecule has 0 amide bonds. The zero-order valence-corrected chi connectivity index (χ0v) is 10.2. The van der Waals surface area contributed by atoms with Crippen molar-refractivity contribution in [3.63, 3.8) is 0 Å². The molecule has 2 unspecified atom stereocenters. The van der Waals surface area contributed by atoms with Gasteiger partial charge in [0, 0.05) is 12.4 Å². The molecular formula is C10H22O5S. The molecule has 0 aliphatic heterocycles. The van der Waals surface area contributed by atoms with Crippen LogP contribution in [0.25, 0.3) is 0 Å². The first kappa shape index (κ1) is 16.1. The second-order valence-corrected chi connectivity index (χ2v) is 4.61. The highest BCUT2D eigenvalue weighted by Gasteiger charge is 2.15. The van der Waals surface area contributed by atoms with E-state index in [-0.39, 0.29) is 13.2 Å². The highest BCUT2D eigenvalue weighted by Crippen LogP contribution is 2.15. The number of ether oxygens (including phenoxy) is 1. The second kappa shape index (κ2) is 11.6. The molecule has 6 heteroatoms. The minimum Gasteiger partial charge on any atom is -0.396 e.